The number of hydrogen-bond donors (Lipinski definition) is 1. The molecule has 0 radical (unpaired) electrons. The van der Waals surface area contributed by atoms with Crippen LogP contribution in [0.4, 0.5) is 4.39 Å². The van der Waals surface area contributed by atoms with E-state index in [-0.39, 0.29) is 47.4 Å². The predicted octanol–water partition coefficient (Wildman–Crippen LogP) is 1.25. The molecule has 40 heavy (non-hydrogen) atoms. The van der Waals surface area contributed by atoms with Gasteiger partial charge in [0.1, 0.15) is 29.4 Å². The van der Waals surface area contributed by atoms with Gasteiger partial charge in [0, 0.05) is 25.1 Å². The third kappa shape index (κ3) is 4.71. The van der Waals surface area contributed by atoms with Crippen molar-refractivity contribution in [1.29, 1.82) is 0 Å². The summed E-state index contributed by atoms with van der Waals surface area (Å²) in [7, 11) is -2.38. The standard InChI is InChI=1S/C24H23FN10O4S/c1-39-20-12-18(5-6-19(20)35-14-26-30-32-35)40(37,38)33-9-7-16(8-10-33)22-27-23-21(24(36)28-22)29-31-34(23)13-15-3-2-4-17(25)11-15/h2-6,11-12,14,16H,7-10,13H2,1H3,(H,27,28,36). The molecule has 1 aliphatic heterocycles. The minimum atomic E-state index is -3.82. The highest BCUT2D eigenvalue weighted by Gasteiger charge is 2.32. The number of ether oxygens (including phenoxy) is 1. The van der Waals surface area contributed by atoms with E-state index in [1.165, 1.54) is 51.4 Å². The van der Waals surface area contributed by atoms with E-state index in [1.807, 2.05) is 0 Å². The molecule has 1 aliphatic rings. The summed E-state index contributed by atoms with van der Waals surface area (Å²) in [5, 5.41) is 19.0. The molecule has 4 heterocycles. The van der Waals surface area contributed by atoms with Crippen LogP contribution in [0.5, 0.6) is 5.75 Å². The summed E-state index contributed by atoms with van der Waals surface area (Å²) in [5.74, 6) is 0.182. The third-order valence-corrected chi connectivity index (χ3v) is 8.73. The maximum absolute atomic E-state index is 13.6. The van der Waals surface area contributed by atoms with Gasteiger partial charge in [0.2, 0.25) is 10.0 Å². The van der Waals surface area contributed by atoms with E-state index in [4.69, 9.17) is 4.74 Å². The number of H-pyrrole nitrogens is 1. The van der Waals surface area contributed by atoms with Gasteiger partial charge in [-0.05, 0) is 53.1 Å². The molecule has 1 fully saturated rings. The molecule has 0 unspecified atom stereocenters. The SMILES string of the molecule is COc1cc(S(=O)(=O)N2CCC(c3nc4c(nnn4Cc4cccc(F)c4)c(=O)[nH]3)CC2)ccc1-n1cnnn1. The number of methoxy groups -OCH3 is 1. The van der Waals surface area contributed by atoms with Crippen molar-refractivity contribution in [2.75, 3.05) is 20.2 Å². The topological polar surface area (TPSA) is 167 Å². The molecule has 1 N–H and O–H groups in total. The number of piperidine rings is 1. The average molecular weight is 567 g/mol. The van der Waals surface area contributed by atoms with Crippen molar-refractivity contribution in [3.8, 4) is 11.4 Å². The fourth-order valence-corrected chi connectivity index (χ4v) is 6.27. The highest BCUT2D eigenvalue weighted by atomic mass is 32.2. The van der Waals surface area contributed by atoms with Crippen molar-refractivity contribution in [3.63, 3.8) is 0 Å². The number of benzene rings is 2. The van der Waals surface area contributed by atoms with E-state index in [0.29, 0.717) is 35.7 Å². The van der Waals surface area contributed by atoms with Crippen molar-refractivity contribution >= 4 is 21.2 Å². The van der Waals surface area contributed by atoms with Crippen molar-refractivity contribution in [3.05, 3.63) is 76.4 Å². The number of aromatic nitrogens is 9. The Bertz CT molecular complexity index is 1850. The monoisotopic (exact) mass is 566 g/mol. The Kier molecular flexibility index (Phi) is 6.55. The Morgan fingerprint density at radius 3 is 2.67 bits per heavy atom. The molecule has 5 aromatic rings. The fraction of sp³-hybridized carbons (Fsp3) is 0.292. The second kappa shape index (κ2) is 10.2. The normalized spacial score (nSPS) is 15.1. The van der Waals surface area contributed by atoms with Crippen LogP contribution in [-0.4, -0.2) is 78.1 Å². The minimum absolute atomic E-state index is 0.0826. The molecule has 1 saturated heterocycles. The molecule has 14 nitrogen and oxygen atoms in total. The zero-order chi connectivity index (χ0) is 27.9. The Morgan fingerprint density at radius 1 is 1.12 bits per heavy atom. The number of fused-ring (bicyclic) bond motifs is 1. The first-order chi connectivity index (χ1) is 19.3. The zero-order valence-corrected chi connectivity index (χ0v) is 22.0. The molecule has 0 spiro atoms. The highest BCUT2D eigenvalue weighted by Crippen LogP contribution is 2.31. The van der Waals surface area contributed by atoms with Crippen LogP contribution < -0.4 is 10.3 Å². The maximum atomic E-state index is 13.6. The van der Waals surface area contributed by atoms with Crippen molar-refractivity contribution in [1.82, 2.24) is 49.5 Å². The summed E-state index contributed by atoms with van der Waals surface area (Å²) < 4.78 is 50.1. The Labute approximate surface area is 226 Å². The summed E-state index contributed by atoms with van der Waals surface area (Å²) >= 11 is 0. The van der Waals surface area contributed by atoms with Crippen molar-refractivity contribution < 1.29 is 17.5 Å². The van der Waals surface area contributed by atoms with Gasteiger partial charge in [-0.3, -0.25) is 4.79 Å². The quantitative estimate of drug-likeness (QED) is 0.303. The summed E-state index contributed by atoms with van der Waals surface area (Å²) in [6.45, 7) is 0.649. The van der Waals surface area contributed by atoms with Gasteiger partial charge in [0.25, 0.3) is 5.56 Å². The lowest BCUT2D eigenvalue weighted by Crippen LogP contribution is -2.38. The summed E-state index contributed by atoms with van der Waals surface area (Å²) in [5.41, 5.74) is 1.08. The fourth-order valence-electron chi connectivity index (χ4n) is 4.79. The van der Waals surface area contributed by atoms with Gasteiger partial charge in [-0.1, -0.05) is 17.3 Å². The smallest absolute Gasteiger partial charge is 0.281 e. The molecule has 16 heteroatoms. The number of tetrazole rings is 1. The second-order valence-corrected chi connectivity index (χ2v) is 11.2. The van der Waals surface area contributed by atoms with Crippen molar-refractivity contribution in [2.24, 2.45) is 0 Å². The van der Waals surface area contributed by atoms with Gasteiger partial charge in [-0.15, -0.1) is 10.2 Å². The number of nitrogens with one attached hydrogen (secondary N) is 1. The van der Waals surface area contributed by atoms with Crippen LogP contribution in [0.1, 0.15) is 30.1 Å². The van der Waals surface area contributed by atoms with Gasteiger partial charge in [-0.2, -0.15) is 8.99 Å². The first kappa shape index (κ1) is 25.7. The maximum Gasteiger partial charge on any atom is 0.281 e. The average Bonchev–Trinajstić information content (AvgIpc) is 3.64. The molecule has 2 aromatic carbocycles. The molecule has 0 atom stereocenters. The molecular formula is C24H23FN10O4S. The van der Waals surface area contributed by atoms with E-state index in [2.05, 4.69) is 35.8 Å². The summed E-state index contributed by atoms with van der Waals surface area (Å²) in [4.78, 5) is 20.2. The van der Waals surface area contributed by atoms with Crippen LogP contribution in [-0.2, 0) is 16.6 Å². The number of sulfonamides is 1. The molecular weight excluding hydrogens is 543 g/mol. The molecule has 206 valence electrons. The molecule has 0 amide bonds. The van der Waals surface area contributed by atoms with Gasteiger partial charge in [0.05, 0.1) is 18.6 Å². The van der Waals surface area contributed by atoms with Crippen LogP contribution in [0.15, 0.2) is 58.5 Å². The lowest BCUT2D eigenvalue weighted by Gasteiger charge is -2.30. The Balaban J connectivity index is 1.21. The lowest BCUT2D eigenvalue weighted by molar-refractivity contribution is 0.313. The van der Waals surface area contributed by atoms with Gasteiger partial charge in [-0.25, -0.2) is 22.5 Å². The van der Waals surface area contributed by atoms with E-state index in [1.54, 1.807) is 18.2 Å². The van der Waals surface area contributed by atoms with Crippen LogP contribution >= 0.6 is 0 Å². The first-order valence-corrected chi connectivity index (χ1v) is 13.8. The zero-order valence-electron chi connectivity index (χ0n) is 21.2. The molecule has 0 saturated carbocycles. The molecule has 3 aromatic heterocycles. The van der Waals surface area contributed by atoms with Crippen molar-refractivity contribution in [2.45, 2.75) is 30.2 Å². The molecule has 0 bridgehead atoms. The lowest BCUT2D eigenvalue weighted by atomic mass is 9.97. The van der Waals surface area contributed by atoms with Gasteiger partial charge < -0.3 is 9.72 Å². The summed E-state index contributed by atoms with van der Waals surface area (Å²) in [6.07, 6.45) is 2.27. The van der Waals surface area contributed by atoms with Crippen LogP contribution in [0.2, 0.25) is 0 Å². The molecule has 6 rings (SSSR count). The van der Waals surface area contributed by atoms with Crippen LogP contribution in [0.25, 0.3) is 16.9 Å². The van der Waals surface area contributed by atoms with E-state index < -0.39 is 15.6 Å². The summed E-state index contributed by atoms with van der Waals surface area (Å²) in [6, 6.07) is 10.6. The number of nitrogens with zero attached hydrogens (tertiary/aromatic N) is 9. The Morgan fingerprint density at radius 2 is 1.95 bits per heavy atom. The van der Waals surface area contributed by atoms with Crippen LogP contribution in [0, 0.1) is 5.82 Å². The molecule has 0 aliphatic carbocycles. The van der Waals surface area contributed by atoms with E-state index in [0.717, 1.165) is 0 Å². The van der Waals surface area contributed by atoms with E-state index >= 15 is 0 Å². The Hall–Kier alpha value is -4.57. The minimum Gasteiger partial charge on any atom is -0.494 e. The highest BCUT2D eigenvalue weighted by molar-refractivity contribution is 7.89. The second-order valence-electron chi connectivity index (χ2n) is 9.27. The van der Waals surface area contributed by atoms with Gasteiger partial charge in [0.15, 0.2) is 11.2 Å². The largest absolute Gasteiger partial charge is 0.494 e. The van der Waals surface area contributed by atoms with E-state index in [9.17, 15) is 17.6 Å². The first-order valence-electron chi connectivity index (χ1n) is 12.3. The number of rotatable bonds is 7. The third-order valence-electron chi connectivity index (χ3n) is 6.84. The van der Waals surface area contributed by atoms with Gasteiger partial charge >= 0.3 is 0 Å². The number of aromatic amines is 1. The number of halogens is 1. The van der Waals surface area contributed by atoms with Crippen LogP contribution in [0.3, 0.4) is 0 Å². The number of hydrogen-bond acceptors (Lipinski definition) is 10. The predicted molar refractivity (Wildman–Crippen MR) is 138 cm³/mol.